The van der Waals surface area contributed by atoms with Crippen LogP contribution in [-0.2, 0) is 0 Å². The largest absolute Gasteiger partial charge is 0.478 e. The fourth-order valence-electron chi connectivity index (χ4n) is 2.79. The van der Waals surface area contributed by atoms with Gasteiger partial charge in [-0.1, -0.05) is 11.3 Å². The molecular formula is C15H18N2O3S. The van der Waals surface area contributed by atoms with Gasteiger partial charge >= 0.3 is 5.97 Å². The number of carboxylic acids is 1. The van der Waals surface area contributed by atoms with E-state index in [0.717, 1.165) is 46.8 Å². The van der Waals surface area contributed by atoms with Crippen LogP contribution in [0.3, 0.4) is 0 Å². The number of carboxylic acid groups (broad SMARTS) is 1. The van der Waals surface area contributed by atoms with E-state index in [2.05, 4.69) is 9.88 Å². The first-order chi connectivity index (χ1) is 10.1. The number of fused-ring (bicyclic) bond motifs is 1. The molecule has 2 heterocycles. The Morgan fingerprint density at radius 3 is 2.76 bits per heavy atom. The smallest absolute Gasteiger partial charge is 0.336 e. The van der Waals surface area contributed by atoms with Crippen molar-refractivity contribution in [3.8, 4) is 0 Å². The number of hydrogen-bond donors (Lipinski definition) is 2. The van der Waals surface area contributed by atoms with Crippen LogP contribution in [0, 0.1) is 12.8 Å². The van der Waals surface area contributed by atoms with Crippen molar-refractivity contribution >= 4 is 32.7 Å². The minimum Gasteiger partial charge on any atom is -0.478 e. The molecule has 0 saturated carbocycles. The first-order valence-electron chi connectivity index (χ1n) is 7.09. The number of aryl methyl sites for hydroxylation is 1. The Balaban J connectivity index is 1.91. The lowest BCUT2D eigenvalue weighted by atomic mass is 9.98. The third kappa shape index (κ3) is 2.61. The van der Waals surface area contributed by atoms with Crippen molar-refractivity contribution < 1.29 is 15.0 Å². The Bertz CT molecular complexity index is 675. The molecule has 0 amide bonds. The van der Waals surface area contributed by atoms with Gasteiger partial charge in [0, 0.05) is 19.7 Å². The fraction of sp³-hybridized carbons (Fsp3) is 0.467. The summed E-state index contributed by atoms with van der Waals surface area (Å²) >= 11 is 1.61. The van der Waals surface area contributed by atoms with Crippen LogP contribution in [0.25, 0.3) is 10.2 Å². The lowest BCUT2D eigenvalue weighted by Crippen LogP contribution is -2.34. The summed E-state index contributed by atoms with van der Waals surface area (Å²) < 4.78 is 1.02. The summed E-state index contributed by atoms with van der Waals surface area (Å²) in [6, 6.07) is 3.49. The fourth-order valence-corrected chi connectivity index (χ4v) is 3.86. The number of aromatic nitrogens is 1. The minimum atomic E-state index is -0.910. The standard InChI is InChI=1S/C15H18N2O3S/c1-9-11(14(19)20)2-3-12-13(9)16-15(21-12)17-6-4-10(8-18)5-7-17/h2-3,10,18H,4-8H2,1H3,(H,19,20). The topological polar surface area (TPSA) is 73.7 Å². The van der Waals surface area contributed by atoms with Gasteiger partial charge in [0.1, 0.15) is 0 Å². The molecule has 0 unspecified atom stereocenters. The van der Waals surface area contributed by atoms with Crippen molar-refractivity contribution in [3.05, 3.63) is 23.3 Å². The van der Waals surface area contributed by atoms with E-state index in [1.165, 1.54) is 0 Å². The van der Waals surface area contributed by atoms with Crippen LogP contribution in [0.15, 0.2) is 12.1 Å². The zero-order valence-electron chi connectivity index (χ0n) is 11.9. The van der Waals surface area contributed by atoms with E-state index >= 15 is 0 Å². The number of aliphatic hydroxyl groups excluding tert-OH is 1. The van der Waals surface area contributed by atoms with Gasteiger partial charge in [-0.05, 0) is 43.4 Å². The van der Waals surface area contributed by atoms with Crippen molar-refractivity contribution in [2.45, 2.75) is 19.8 Å². The number of aromatic carboxylic acids is 1. The second-order valence-corrected chi connectivity index (χ2v) is 6.51. The number of aliphatic hydroxyl groups is 1. The molecule has 0 aliphatic carbocycles. The van der Waals surface area contributed by atoms with Gasteiger partial charge in [-0.25, -0.2) is 9.78 Å². The maximum atomic E-state index is 11.2. The number of carbonyl (C=O) groups is 1. The number of rotatable bonds is 3. The number of thiazole rings is 1. The summed E-state index contributed by atoms with van der Waals surface area (Å²) in [5.41, 5.74) is 1.84. The van der Waals surface area contributed by atoms with Gasteiger partial charge < -0.3 is 15.1 Å². The highest BCUT2D eigenvalue weighted by atomic mass is 32.1. The van der Waals surface area contributed by atoms with Crippen LogP contribution >= 0.6 is 11.3 Å². The summed E-state index contributed by atoms with van der Waals surface area (Å²) in [5.74, 6) is -0.510. The first kappa shape index (κ1) is 14.3. The van der Waals surface area contributed by atoms with Crippen molar-refractivity contribution in [3.63, 3.8) is 0 Å². The minimum absolute atomic E-state index is 0.259. The molecule has 0 atom stereocenters. The average molecular weight is 306 g/mol. The summed E-state index contributed by atoms with van der Waals surface area (Å²) in [4.78, 5) is 18.1. The lowest BCUT2D eigenvalue weighted by Gasteiger charge is -2.30. The monoisotopic (exact) mass is 306 g/mol. The summed E-state index contributed by atoms with van der Waals surface area (Å²) in [7, 11) is 0. The van der Waals surface area contributed by atoms with Gasteiger partial charge in [0.15, 0.2) is 5.13 Å². The van der Waals surface area contributed by atoms with Crippen LogP contribution < -0.4 is 4.90 Å². The van der Waals surface area contributed by atoms with E-state index in [4.69, 9.17) is 0 Å². The Morgan fingerprint density at radius 1 is 1.43 bits per heavy atom. The molecule has 1 aliphatic heterocycles. The predicted octanol–water partition coefficient (Wildman–Crippen LogP) is 2.51. The van der Waals surface area contributed by atoms with Crippen molar-refractivity contribution in [2.24, 2.45) is 5.92 Å². The van der Waals surface area contributed by atoms with Gasteiger partial charge in [-0.2, -0.15) is 0 Å². The molecule has 1 aromatic heterocycles. The third-order valence-electron chi connectivity index (χ3n) is 4.18. The van der Waals surface area contributed by atoms with Crippen LogP contribution in [-0.4, -0.2) is 40.9 Å². The zero-order chi connectivity index (χ0) is 15.0. The van der Waals surface area contributed by atoms with Gasteiger partial charge in [-0.3, -0.25) is 0 Å². The zero-order valence-corrected chi connectivity index (χ0v) is 12.7. The van der Waals surface area contributed by atoms with Crippen molar-refractivity contribution in [1.29, 1.82) is 0 Å². The second-order valence-electron chi connectivity index (χ2n) is 5.50. The van der Waals surface area contributed by atoms with E-state index in [-0.39, 0.29) is 6.61 Å². The van der Waals surface area contributed by atoms with Crippen LogP contribution in [0.1, 0.15) is 28.8 Å². The second kappa shape index (κ2) is 5.61. The molecule has 5 nitrogen and oxygen atoms in total. The highest BCUT2D eigenvalue weighted by Crippen LogP contribution is 2.33. The SMILES string of the molecule is Cc1c(C(=O)O)ccc2sc(N3CCC(CO)CC3)nc12. The molecule has 2 N–H and O–H groups in total. The maximum Gasteiger partial charge on any atom is 0.336 e. The lowest BCUT2D eigenvalue weighted by molar-refractivity contribution is 0.0696. The van der Waals surface area contributed by atoms with Gasteiger partial charge in [-0.15, -0.1) is 0 Å². The van der Waals surface area contributed by atoms with Gasteiger partial charge in [0.25, 0.3) is 0 Å². The van der Waals surface area contributed by atoms with Crippen molar-refractivity contribution in [1.82, 2.24) is 4.98 Å². The van der Waals surface area contributed by atoms with Crippen LogP contribution in [0.4, 0.5) is 5.13 Å². The molecule has 2 aromatic rings. The molecule has 1 aliphatic rings. The Morgan fingerprint density at radius 2 is 2.14 bits per heavy atom. The number of nitrogens with zero attached hydrogens (tertiary/aromatic N) is 2. The number of piperidine rings is 1. The Labute approximate surface area is 126 Å². The Kier molecular flexibility index (Phi) is 3.82. The average Bonchev–Trinajstić information content (AvgIpc) is 2.92. The molecule has 21 heavy (non-hydrogen) atoms. The molecule has 1 saturated heterocycles. The van der Waals surface area contributed by atoms with E-state index in [0.29, 0.717) is 11.5 Å². The molecule has 6 heteroatoms. The molecule has 1 fully saturated rings. The number of hydrogen-bond acceptors (Lipinski definition) is 5. The normalized spacial score (nSPS) is 16.6. The molecule has 112 valence electrons. The van der Waals surface area contributed by atoms with E-state index in [1.807, 2.05) is 13.0 Å². The molecule has 1 aromatic carbocycles. The van der Waals surface area contributed by atoms with Crippen molar-refractivity contribution in [2.75, 3.05) is 24.6 Å². The highest BCUT2D eigenvalue weighted by Gasteiger charge is 2.22. The molecular weight excluding hydrogens is 288 g/mol. The van der Waals surface area contributed by atoms with E-state index in [9.17, 15) is 15.0 Å². The Hall–Kier alpha value is -1.66. The molecule has 0 radical (unpaired) electrons. The highest BCUT2D eigenvalue weighted by molar-refractivity contribution is 7.22. The quantitative estimate of drug-likeness (QED) is 0.911. The first-order valence-corrected chi connectivity index (χ1v) is 7.91. The van der Waals surface area contributed by atoms with E-state index in [1.54, 1.807) is 17.4 Å². The summed E-state index contributed by atoms with van der Waals surface area (Å²) in [5, 5.41) is 19.3. The molecule has 3 rings (SSSR count). The summed E-state index contributed by atoms with van der Waals surface area (Å²) in [6.45, 7) is 3.87. The van der Waals surface area contributed by atoms with E-state index < -0.39 is 5.97 Å². The molecule has 0 spiro atoms. The van der Waals surface area contributed by atoms with Crippen LogP contribution in [0.5, 0.6) is 0 Å². The summed E-state index contributed by atoms with van der Waals surface area (Å²) in [6.07, 6.45) is 1.96. The van der Waals surface area contributed by atoms with Crippen LogP contribution in [0.2, 0.25) is 0 Å². The van der Waals surface area contributed by atoms with Gasteiger partial charge in [0.05, 0.1) is 15.8 Å². The third-order valence-corrected chi connectivity index (χ3v) is 5.26. The predicted molar refractivity (Wildman–Crippen MR) is 83.3 cm³/mol. The number of benzene rings is 1. The van der Waals surface area contributed by atoms with Gasteiger partial charge in [0.2, 0.25) is 0 Å². The number of anilines is 1. The molecule has 0 bridgehead atoms. The maximum absolute atomic E-state index is 11.2.